The van der Waals surface area contributed by atoms with E-state index in [0.717, 1.165) is 69.4 Å². The van der Waals surface area contributed by atoms with Gasteiger partial charge in [-0.3, -0.25) is 9.59 Å². The average Bonchev–Trinajstić information content (AvgIpc) is 2.99. The topological polar surface area (TPSA) is 67.7 Å². The molecule has 1 fully saturated rings. The highest BCUT2D eigenvalue weighted by molar-refractivity contribution is 6.32. The van der Waals surface area contributed by atoms with E-state index in [1.807, 2.05) is 0 Å². The normalized spacial score (nSPS) is 18.4. The van der Waals surface area contributed by atoms with Crippen LogP contribution in [0.25, 0.3) is 0 Å². The second-order valence-corrected chi connectivity index (χ2v) is 8.70. The highest BCUT2D eigenvalue weighted by Gasteiger charge is 2.39. The Morgan fingerprint density at radius 3 is 2.30 bits per heavy atom. The van der Waals surface area contributed by atoms with Gasteiger partial charge in [0.05, 0.1) is 22.9 Å². The van der Waals surface area contributed by atoms with Crippen LogP contribution >= 0.6 is 0 Å². The van der Waals surface area contributed by atoms with Crippen LogP contribution < -0.4 is 4.90 Å². The number of hydrogen-bond donors (Lipinski definition) is 0. The van der Waals surface area contributed by atoms with Gasteiger partial charge in [-0.25, -0.2) is 4.90 Å². The van der Waals surface area contributed by atoms with Crippen molar-refractivity contribution in [2.45, 2.75) is 45.2 Å². The first kappa shape index (κ1) is 24.9. The van der Waals surface area contributed by atoms with Gasteiger partial charge >= 0.3 is 6.18 Å². The van der Waals surface area contributed by atoms with Gasteiger partial charge in [-0.1, -0.05) is 12.8 Å². The van der Waals surface area contributed by atoms with Crippen LogP contribution in [0.4, 0.5) is 18.9 Å². The number of nitriles is 1. The first-order valence-electron chi connectivity index (χ1n) is 11.2. The van der Waals surface area contributed by atoms with Gasteiger partial charge in [0.2, 0.25) is 0 Å². The maximum Gasteiger partial charge on any atom is 0.417 e. The van der Waals surface area contributed by atoms with Crippen LogP contribution in [0.15, 0.2) is 29.3 Å². The Hall–Kier alpha value is -2.70. The van der Waals surface area contributed by atoms with Crippen molar-refractivity contribution in [2.75, 3.05) is 44.7 Å². The number of unbranched alkanes of at least 4 members (excludes halogenated alkanes) is 3. The lowest BCUT2D eigenvalue weighted by Gasteiger charge is -2.32. The van der Waals surface area contributed by atoms with Gasteiger partial charge in [0, 0.05) is 37.3 Å². The standard InChI is InChI=1S/C24H29F3N4O2/c1-17-20(7-5-3-4-6-10-30-13-11-29(2)12-14-30)23(33)31(22(17)32)19-9-8-18(16-28)21(15-19)24(25,26)27/h8-9,15H,3-7,10-14H2,1-2H3. The molecule has 0 atom stereocenters. The Morgan fingerprint density at radius 1 is 1.00 bits per heavy atom. The number of alkyl halides is 3. The highest BCUT2D eigenvalue weighted by atomic mass is 19.4. The number of rotatable bonds is 8. The third-order valence-corrected chi connectivity index (χ3v) is 6.37. The zero-order chi connectivity index (χ0) is 24.2. The highest BCUT2D eigenvalue weighted by Crippen LogP contribution is 2.36. The van der Waals surface area contributed by atoms with E-state index in [1.165, 1.54) is 19.1 Å². The smallest absolute Gasteiger partial charge is 0.304 e. The predicted molar refractivity (Wildman–Crippen MR) is 118 cm³/mol. The fourth-order valence-electron chi connectivity index (χ4n) is 4.28. The lowest BCUT2D eigenvalue weighted by atomic mass is 10.0. The summed E-state index contributed by atoms with van der Waals surface area (Å²) in [6.45, 7) is 6.94. The zero-order valence-electron chi connectivity index (χ0n) is 19.0. The number of carbonyl (C=O) groups excluding carboxylic acids is 2. The molecule has 0 bridgehead atoms. The molecule has 0 N–H and O–H groups in total. The number of halogens is 3. The van der Waals surface area contributed by atoms with Crippen molar-refractivity contribution in [3.8, 4) is 6.07 Å². The summed E-state index contributed by atoms with van der Waals surface area (Å²) >= 11 is 0. The summed E-state index contributed by atoms with van der Waals surface area (Å²) in [5.74, 6) is -1.18. The van der Waals surface area contributed by atoms with Gasteiger partial charge in [0.1, 0.15) is 0 Å². The predicted octanol–water partition coefficient (Wildman–Crippen LogP) is 3.96. The fourth-order valence-corrected chi connectivity index (χ4v) is 4.28. The first-order chi connectivity index (χ1) is 15.6. The van der Waals surface area contributed by atoms with Crippen molar-refractivity contribution in [2.24, 2.45) is 0 Å². The van der Waals surface area contributed by atoms with Gasteiger partial charge < -0.3 is 9.80 Å². The molecule has 0 spiro atoms. The number of imide groups is 1. The molecule has 1 aromatic carbocycles. The maximum atomic E-state index is 13.3. The van der Waals surface area contributed by atoms with Crippen molar-refractivity contribution in [1.29, 1.82) is 5.26 Å². The van der Waals surface area contributed by atoms with Crippen molar-refractivity contribution >= 4 is 17.5 Å². The van der Waals surface area contributed by atoms with Crippen molar-refractivity contribution in [3.05, 3.63) is 40.5 Å². The SMILES string of the molecule is CC1=C(CCCCCCN2CCN(C)CC2)C(=O)N(c2ccc(C#N)c(C(F)(F)F)c2)C1=O. The summed E-state index contributed by atoms with van der Waals surface area (Å²) in [5.41, 5.74) is -1.24. The van der Waals surface area contributed by atoms with E-state index in [-0.39, 0.29) is 11.3 Å². The Bertz CT molecular complexity index is 973. The summed E-state index contributed by atoms with van der Waals surface area (Å²) < 4.78 is 39.9. The third-order valence-electron chi connectivity index (χ3n) is 6.37. The summed E-state index contributed by atoms with van der Waals surface area (Å²) in [5, 5.41) is 8.96. The third kappa shape index (κ3) is 5.81. The largest absolute Gasteiger partial charge is 0.417 e. The van der Waals surface area contributed by atoms with Crippen LogP contribution in [-0.2, 0) is 15.8 Å². The number of hydrogen-bond acceptors (Lipinski definition) is 5. The summed E-state index contributed by atoms with van der Waals surface area (Å²) in [4.78, 5) is 31.1. The summed E-state index contributed by atoms with van der Waals surface area (Å²) in [6.07, 6.45) is -0.585. The molecule has 2 amide bonds. The molecule has 9 heteroatoms. The molecule has 2 aliphatic rings. The van der Waals surface area contributed by atoms with E-state index in [2.05, 4.69) is 16.8 Å². The number of piperazine rings is 1. The molecular weight excluding hydrogens is 433 g/mol. The molecule has 0 unspecified atom stereocenters. The molecule has 0 saturated carbocycles. The van der Waals surface area contributed by atoms with Crippen LogP contribution in [0.2, 0.25) is 0 Å². The van der Waals surface area contributed by atoms with E-state index < -0.39 is 29.1 Å². The number of likely N-dealkylation sites (N-methyl/N-ethyl adjacent to an activating group) is 1. The molecule has 1 saturated heterocycles. The van der Waals surface area contributed by atoms with Crippen LogP contribution in [-0.4, -0.2) is 61.4 Å². The molecule has 1 aromatic rings. The monoisotopic (exact) mass is 462 g/mol. The van der Waals surface area contributed by atoms with Crippen LogP contribution in [0.1, 0.15) is 50.2 Å². The second-order valence-electron chi connectivity index (χ2n) is 8.70. The lowest BCUT2D eigenvalue weighted by molar-refractivity contribution is -0.138. The van der Waals surface area contributed by atoms with Gasteiger partial charge in [0.25, 0.3) is 11.8 Å². The molecule has 2 heterocycles. The van der Waals surface area contributed by atoms with E-state index >= 15 is 0 Å². The van der Waals surface area contributed by atoms with E-state index in [1.54, 1.807) is 0 Å². The van der Waals surface area contributed by atoms with E-state index in [9.17, 15) is 22.8 Å². The average molecular weight is 463 g/mol. The Balaban J connectivity index is 1.55. The van der Waals surface area contributed by atoms with Crippen LogP contribution in [0.3, 0.4) is 0 Å². The Kier molecular flexibility index (Phi) is 7.92. The molecule has 2 aliphatic heterocycles. The number of amides is 2. The Morgan fingerprint density at radius 2 is 1.67 bits per heavy atom. The molecule has 0 aromatic heterocycles. The van der Waals surface area contributed by atoms with Gasteiger partial charge in [-0.2, -0.15) is 18.4 Å². The van der Waals surface area contributed by atoms with Crippen molar-refractivity contribution in [3.63, 3.8) is 0 Å². The molecule has 3 rings (SSSR count). The summed E-state index contributed by atoms with van der Waals surface area (Å²) in [6, 6.07) is 4.40. The number of nitrogens with zero attached hydrogens (tertiary/aromatic N) is 4. The number of anilines is 1. The van der Waals surface area contributed by atoms with Gasteiger partial charge in [-0.15, -0.1) is 0 Å². The van der Waals surface area contributed by atoms with Gasteiger partial charge in [-0.05, 0) is 58.0 Å². The quantitative estimate of drug-likeness (QED) is 0.432. The number of carbonyl (C=O) groups is 2. The van der Waals surface area contributed by atoms with Crippen molar-refractivity contribution in [1.82, 2.24) is 9.80 Å². The minimum atomic E-state index is -4.76. The molecule has 33 heavy (non-hydrogen) atoms. The number of benzene rings is 1. The first-order valence-corrected chi connectivity index (χ1v) is 11.2. The molecule has 0 radical (unpaired) electrons. The van der Waals surface area contributed by atoms with Gasteiger partial charge in [0.15, 0.2) is 0 Å². The van der Waals surface area contributed by atoms with Crippen LogP contribution in [0.5, 0.6) is 0 Å². The van der Waals surface area contributed by atoms with E-state index in [0.29, 0.717) is 18.1 Å². The summed E-state index contributed by atoms with van der Waals surface area (Å²) in [7, 11) is 2.13. The minimum absolute atomic E-state index is 0.169. The van der Waals surface area contributed by atoms with Crippen molar-refractivity contribution < 1.29 is 22.8 Å². The maximum absolute atomic E-state index is 13.3. The Labute approximate surface area is 192 Å². The zero-order valence-corrected chi connectivity index (χ0v) is 19.0. The van der Waals surface area contributed by atoms with E-state index in [4.69, 9.17) is 5.26 Å². The van der Waals surface area contributed by atoms with Crippen LogP contribution in [0, 0.1) is 11.3 Å². The molecule has 178 valence electrons. The molecule has 0 aliphatic carbocycles. The lowest BCUT2D eigenvalue weighted by Crippen LogP contribution is -2.44. The molecule has 6 nitrogen and oxygen atoms in total. The second kappa shape index (κ2) is 10.5. The molecular formula is C24H29F3N4O2. The minimum Gasteiger partial charge on any atom is -0.304 e. The fraction of sp³-hybridized carbons (Fsp3) is 0.542.